The van der Waals surface area contributed by atoms with Crippen molar-refractivity contribution in [1.29, 1.82) is 0 Å². The zero-order valence-corrected chi connectivity index (χ0v) is 15.6. The van der Waals surface area contributed by atoms with E-state index in [1.54, 1.807) is 6.20 Å². The maximum atomic E-state index is 12.5. The van der Waals surface area contributed by atoms with Crippen LogP contribution in [-0.4, -0.2) is 60.5 Å². The predicted octanol–water partition coefficient (Wildman–Crippen LogP) is 2.31. The van der Waals surface area contributed by atoms with Crippen molar-refractivity contribution in [2.75, 3.05) is 39.8 Å². The van der Waals surface area contributed by atoms with Crippen molar-refractivity contribution < 1.29 is 4.79 Å². The number of hydrogen-bond donors (Lipinski definition) is 1. The van der Waals surface area contributed by atoms with Crippen LogP contribution in [-0.2, 0) is 4.79 Å². The van der Waals surface area contributed by atoms with Crippen molar-refractivity contribution in [2.24, 2.45) is 5.41 Å². The molecule has 1 fully saturated rings. The molecule has 1 aliphatic heterocycles. The summed E-state index contributed by atoms with van der Waals surface area (Å²) in [5, 5.41) is 3.22. The van der Waals surface area contributed by atoms with Crippen LogP contribution in [0.2, 0.25) is 0 Å². The molecule has 1 saturated heterocycles. The highest BCUT2D eigenvalue weighted by Crippen LogP contribution is 2.29. The lowest BCUT2D eigenvalue weighted by molar-refractivity contribution is -0.122. The van der Waals surface area contributed by atoms with Crippen LogP contribution in [0.3, 0.4) is 0 Å². The van der Waals surface area contributed by atoms with Gasteiger partial charge in [0, 0.05) is 51.5 Å². The zero-order chi connectivity index (χ0) is 17.6. The van der Waals surface area contributed by atoms with Gasteiger partial charge in [-0.2, -0.15) is 0 Å². The first-order valence-electron chi connectivity index (χ1n) is 8.94. The lowest BCUT2D eigenvalue weighted by Gasteiger charge is -2.32. The van der Waals surface area contributed by atoms with Gasteiger partial charge in [0.15, 0.2) is 0 Å². The molecule has 1 amide bonds. The molecule has 1 aliphatic rings. The van der Waals surface area contributed by atoms with E-state index in [2.05, 4.69) is 47.9 Å². The number of rotatable bonds is 6. The highest BCUT2D eigenvalue weighted by atomic mass is 16.1. The van der Waals surface area contributed by atoms with Gasteiger partial charge in [-0.3, -0.25) is 9.78 Å². The van der Waals surface area contributed by atoms with Crippen molar-refractivity contribution in [3.63, 3.8) is 0 Å². The Bertz CT molecular complexity index is 504. The Morgan fingerprint density at radius 1 is 1.29 bits per heavy atom. The molecule has 134 valence electrons. The Hall–Kier alpha value is -1.46. The third-order valence-corrected chi connectivity index (χ3v) is 4.49. The number of pyridine rings is 1. The third kappa shape index (κ3) is 6.57. The van der Waals surface area contributed by atoms with Gasteiger partial charge < -0.3 is 15.1 Å². The van der Waals surface area contributed by atoms with Crippen molar-refractivity contribution in [2.45, 2.75) is 39.7 Å². The van der Waals surface area contributed by atoms with Gasteiger partial charge in [-0.1, -0.05) is 26.8 Å². The second kappa shape index (κ2) is 8.58. The van der Waals surface area contributed by atoms with Gasteiger partial charge in [0.1, 0.15) is 0 Å². The highest BCUT2D eigenvalue weighted by Gasteiger charge is 2.22. The van der Waals surface area contributed by atoms with E-state index in [0.717, 1.165) is 44.7 Å². The Kier molecular flexibility index (Phi) is 6.75. The molecule has 2 rings (SSSR count). The molecule has 0 bridgehead atoms. The third-order valence-electron chi connectivity index (χ3n) is 4.49. The Labute approximate surface area is 146 Å². The molecular formula is C19H32N4O. The van der Waals surface area contributed by atoms with E-state index in [1.807, 2.05) is 18.3 Å². The Morgan fingerprint density at radius 3 is 2.58 bits per heavy atom. The number of hydrogen-bond acceptors (Lipinski definition) is 4. The number of nitrogens with zero attached hydrogens (tertiary/aromatic N) is 3. The van der Waals surface area contributed by atoms with Gasteiger partial charge in [0.05, 0.1) is 6.04 Å². The summed E-state index contributed by atoms with van der Waals surface area (Å²) in [6.07, 6.45) is 5.09. The first-order valence-corrected chi connectivity index (χ1v) is 8.94. The molecule has 1 N–H and O–H groups in total. The number of aromatic nitrogens is 1. The number of carbonyl (C=O) groups is 1. The van der Waals surface area contributed by atoms with Crippen molar-refractivity contribution in [1.82, 2.24) is 20.1 Å². The van der Waals surface area contributed by atoms with Crippen LogP contribution in [0.15, 0.2) is 24.5 Å². The molecule has 0 aliphatic carbocycles. The molecule has 1 aromatic rings. The minimum atomic E-state index is 0.0266. The summed E-state index contributed by atoms with van der Waals surface area (Å²) in [4.78, 5) is 21.4. The maximum Gasteiger partial charge on any atom is 0.221 e. The molecule has 0 radical (unpaired) electrons. The van der Waals surface area contributed by atoms with E-state index in [-0.39, 0.29) is 17.4 Å². The molecule has 24 heavy (non-hydrogen) atoms. The van der Waals surface area contributed by atoms with E-state index in [9.17, 15) is 4.79 Å². The standard InChI is InChI=1S/C19H32N4O/c1-19(2,3)14-17(16-6-5-8-20-15-16)21-18(24)7-9-23-12-10-22(4)11-13-23/h5-6,8,15,17H,7,9-14H2,1-4H3,(H,21,24)/t17-/m1/s1. The fourth-order valence-electron chi connectivity index (χ4n) is 3.04. The summed E-state index contributed by atoms with van der Waals surface area (Å²) in [6, 6.07) is 4.00. The number of nitrogens with one attached hydrogen (secondary N) is 1. The Balaban J connectivity index is 1.87. The summed E-state index contributed by atoms with van der Waals surface area (Å²) >= 11 is 0. The monoisotopic (exact) mass is 332 g/mol. The van der Waals surface area contributed by atoms with Gasteiger partial charge in [-0.15, -0.1) is 0 Å². The number of carbonyl (C=O) groups excluding carboxylic acids is 1. The first-order chi connectivity index (χ1) is 11.3. The molecular weight excluding hydrogens is 300 g/mol. The molecule has 5 nitrogen and oxygen atoms in total. The van der Waals surface area contributed by atoms with Crippen molar-refractivity contribution >= 4 is 5.91 Å². The highest BCUT2D eigenvalue weighted by molar-refractivity contribution is 5.76. The topological polar surface area (TPSA) is 48.5 Å². The largest absolute Gasteiger partial charge is 0.349 e. The SMILES string of the molecule is CN1CCN(CCC(=O)N[C@H](CC(C)(C)C)c2cccnc2)CC1. The van der Waals surface area contributed by atoms with Crippen molar-refractivity contribution in [3.05, 3.63) is 30.1 Å². The van der Waals surface area contributed by atoms with Crippen LogP contribution < -0.4 is 5.32 Å². The van der Waals surface area contributed by atoms with Gasteiger partial charge in [-0.05, 0) is 30.5 Å². The van der Waals surface area contributed by atoms with Gasteiger partial charge >= 0.3 is 0 Å². The maximum absolute atomic E-state index is 12.5. The summed E-state index contributed by atoms with van der Waals surface area (Å²) < 4.78 is 0. The molecule has 5 heteroatoms. The van der Waals surface area contributed by atoms with E-state index < -0.39 is 0 Å². The van der Waals surface area contributed by atoms with E-state index in [4.69, 9.17) is 0 Å². The van der Waals surface area contributed by atoms with Crippen LogP contribution in [0.4, 0.5) is 0 Å². The predicted molar refractivity (Wildman–Crippen MR) is 97.7 cm³/mol. The Morgan fingerprint density at radius 2 is 2.00 bits per heavy atom. The summed E-state index contributed by atoms with van der Waals surface area (Å²) in [6.45, 7) is 11.7. The lowest BCUT2D eigenvalue weighted by atomic mass is 9.86. The lowest BCUT2D eigenvalue weighted by Crippen LogP contribution is -2.45. The second-order valence-corrected chi connectivity index (χ2v) is 8.07. The van der Waals surface area contributed by atoms with Gasteiger partial charge in [0.2, 0.25) is 5.91 Å². The van der Waals surface area contributed by atoms with Crippen LogP contribution in [0.5, 0.6) is 0 Å². The minimum absolute atomic E-state index is 0.0266. The fourth-order valence-corrected chi connectivity index (χ4v) is 3.04. The molecule has 0 saturated carbocycles. The van der Waals surface area contributed by atoms with E-state index >= 15 is 0 Å². The van der Waals surface area contributed by atoms with Crippen LogP contribution >= 0.6 is 0 Å². The van der Waals surface area contributed by atoms with Crippen molar-refractivity contribution in [3.8, 4) is 0 Å². The number of amides is 1. The van der Waals surface area contributed by atoms with Crippen LogP contribution in [0, 0.1) is 5.41 Å². The average molecular weight is 332 g/mol. The van der Waals surface area contributed by atoms with Crippen LogP contribution in [0.25, 0.3) is 0 Å². The van der Waals surface area contributed by atoms with E-state index in [0.29, 0.717) is 6.42 Å². The second-order valence-electron chi connectivity index (χ2n) is 8.07. The molecule has 2 heterocycles. The summed E-state index contributed by atoms with van der Waals surface area (Å²) in [5.74, 6) is 0.132. The van der Waals surface area contributed by atoms with Crippen LogP contribution in [0.1, 0.15) is 45.2 Å². The summed E-state index contributed by atoms with van der Waals surface area (Å²) in [7, 11) is 2.15. The molecule has 1 aromatic heterocycles. The fraction of sp³-hybridized carbons (Fsp3) is 0.684. The average Bonchev–Trinajstić information content (AvgIpc) is 2.53. The molecule has 1 atom stereocenters. The number of likely N-dealkylation sites (N-methyl/N-ethyl adjacent to an activating group) is 1. The number of piperazine rings is 1. The van der Waals surface area contributed by atoms with E-state index in [1.165, 1.54) is 0 Å². The van der Waals surface area contributed by atoms with Gasteiger partial charge in [-0.25, -0.2) is 0 Å². The smallest absolute Gasteiger partial charge is 0.221 e. The molecule has 0 unspecified atom stereocenters. The first kappa shape index (κ1) is 18.9. The van der Waals surface area contributed by atoms with Gasteiger partial charge in [0.25, 0.3) is 0 Å². The normalized spacial score (nSPS) is 18.3. The molecule has 0 spiro atoms. The molecule has 0 aromatic carbocycles. The zero-order valence-electron chi connectivity index (χ0n) is 15.6. The minimum Gasteiger partial charge on any atom is -0.349 e. The summed E-state index contributed by atoms with van der Waals surface area (Å²) in [5.41, 5.74) is 1.23. The quantitative estimate of drug-likeness (QED) is 0.868.